The van der Waals surface area contributed by atoms with Crippen molar-refractivity contribution >= 4 is 17.4 Å². The summed E-state index contributed by atoms with van der Waals surface area (Å²) in [5, 5.41) is 4.11. The fourth-order valence-corrected chi connectivity index (χ4v) is 2.56. The first-order chi connectivity index (χ1) is 9.86. The van der Waals surface area contributed by atoms with E-state index in [0.717, 1.165) is 23.4 Å². The monoisotopic (exact) mass is 317 g/mol. The summed E-state index contributed by atoms with van der Waals surface area (Å²) in [5.74, 6) is 0.262. The average Bonchev–Trinajstić information content (AvgIpc) is 2.75. The molecule has 0 spiro atoms. The quantitative estimate of drug-likeness (QED) is 0.878. The second kappa shape index (κ2) is 4.92. The van der Waals surface area contributed by atoms with Crippen molar-refractivity contribution in [3.8, 4) is 5.69 Å². The molecule has 0 aliphatic carbocycles. The molecule has 112 valence electrons. The molecule has 3 rings (SSSR count). The fourth-order valence-electron chi connectivity index (χ4n) is 2.33. The van der Waals surface area contributed by atoms with Crippen molar-refractivity contribution in [2.24, 2.45) is 0 Å². The summed E-state index contributed by atoms with van der Waals surface area (Å²) in [5.41, 5.74) is 6.69. The summed E-state index contributed by atoms with van der Waals surface area (Å²) >= 11 is 5.80. The van der Waals surface area contributed by atoms with Crippen LogP contribution >= 0.6 is 11.6 Å². The molecule has 0 fully saturated rings. The van der Waals surface area contributed by atoms with E-state index in [2.05, 4.69) is 5.10 Å². The largest absolute Gasteiger partial charge is 0.416 e. The van der Waals surface area contributed by atoms with E-state index in [1.807, 2.05) is 0 Å². The topological polar surface area (TPSA) is 53.1 Å². The highest BCUT2D eigenvalue weighted by atomic mass is 35.5. The van der Waals surface area contributed by atoms with Gasteiger partial charge < -0.3 is 10.5 Å². The molecular weight excluding hydrogens is 307 g/mol. The van der Waals surface area contributed by atoms with Crippen molar-refractivity contribution in [3.63, 3.8) is 0 Å². The number of nitrogens with zero attached hydrogens (tertiary/aromatic N) is 2. The molecule has 0 amide bonds. The Morgan fingerprint density at radius 2 is 2.05 bits per heavy atom. The van der Waals surface area contributed by atoms with Crippen molar-refractivity contribution in [1.82, 2.24) is 9.78 Å². The summed E-state index contributed by atoms with van der Waals surface area (Å²) in [6, 6.07) is 3.32. The maximum absolute atomic E-state index is 12.9. The number of anilines is 1. The van der Waals surface area contributed by atoms with E-state index in [-0.39, 0.29) is 16.5 Å². The number of rotatable bonds is 1. The summed E-state index contributed by atoms with van der Waals surface area (Å²) in [7, 11) is 0. The highest BCUT2D eigenvalue weighted by Crippen LogP contribution is 2.34. The van der Waals surface area contributed by atoms with E-state index < -0.39 is 11.7 Å². The van der Waals surface area contributed by atoms with Gasteiger partial charge in [0.25, 0.3) is 0 Å². The molecule has 21 heavy (non-hydrogen) atoms. The Kier molecular flexibility index (Phi) is 3.33. The van der Waals surface area contributed by atoms with Crippen LogP contribution in [0.25, 0.3) is 5.69 Å². The summed E-state index contributed by atoms with van der Waals surface area (Å²) in [6.07, 6.45) is -3.94. The zero-order valence-corrected chi connectivity index (χ0v) is 11.5. The average molecular weight is 318 g/mol. The van der Waals surface area contributed by atoms with Gasteiger partial charge in [0.1, 0.15) is 0 Å². The van der Waals surface area contributed by atoms with Crippen LogP contribution in [0, 0.1) is 0 Å². The minimum atomic E-state index is -4.47. The molecule has 8 heteroatoms. The van der Waals surface area contributed by atoms with Crippen molar-refractivity contribution in [1.29, 1.82) is 0 Å². The van der Waals surface area contributed by atoms with Gasteiger partial charge >= 0.3 is 6.18 Å². The molecular formula is C13H11ClF3N3O. The molecule has 2 N–H and O–H groups in total. The van der Waals surface area contributed by atoms with Crippen molar-refractivity contribution in [2.45, 2.75) is 19.2 Å². The van der Waals surface area contributed by atoms with Crippen molar-refractivity contribution in [3.05, 3.63) is 40.0 Å². The van der Waals surface area contributed by atoms with E-state index in [1.165, 1.54) is 10.7 Å². The van der Waals surface area contributed by atoms with E-state index in [1.54, 1.807) is 0 Å². The van der Waals surface area contributed by atoms with Crippen LogP contribution in [-0.2, 0) is 23.9 Å². The Hall–Kier alpha value is -1.73. The number of hydrogen-bond acceptors (Lipinski definition) is 3. The molecule has 0 atom stereocenters. The summed E-state index contributed by atoms with van der Waals surface area (Å²) in [6.45, 7) is 0.790. The van der Waals surface area contributed by atoms with Gasteiger partial charge in [0, 0.05) is 17.0 Å². The second-order valence-electron chi connectivity index (χ2n) is 4.72. The predicted octanol–water partition coefficient (Wildman–Crippen LogP) is 3.20. The summed E-state index contributed by atoms with van der Waals surface area (Å²) < 4.78 is 45.3. The Balaban J connectivity index is 2.15. The molecule has 1 aromatic heterocycles. The van der Waals surface area contributed by atoms with Crippen LogP contribution in [0.2, 0.25) is 5.02 Å². The van der Waals surface area contributed by atoms with E-state index in [0.29, 0.717) is 19.6 Å². The fraction of sp³-hybridized carbons (Fsp3) is 0.308. The van der Waals surface area contributed by atoms with Crippen LogP contribution < -0.4 is 5.73 Å². The maximum atomic E-state index is 12.9. The first-order valence-corrected chi connectivity index (χ1v) is 6.56. The van der Waals surface area contributed by atoms with Crippen LogP contribution in [-0.4, -0.2) is 16.4 Å². The number of ether oxygens (including phenoxy) is 1. The lowest BCUT2D eigenvalue weighted by molar-refractivity contribution is -0.137. The van der Waals surface area contributed by atoms with Gasteiger partial charge in [0.05, 0.1) is 30.2 Å². The predicted molar refractivity (Wildman–Crippen MR) is 71.3 cm³/mol. The second-order valence-corrected chi connectivity index (χ2v) is 5.16. The molecule has 0 unspecified atom stereocenters. The minimum Gasteiger partial charge on any atom is -0.382 e. The lowest BCUT2D eigenvalue weighted by atomic mass is 10.1. The van der Waals surface area contributed by atoms with Crippen LogP contribution in [0.3, 0.4) is 0 Å². The van der Waals surface area contributed by atoms with Gasteiger partial charge in [0.2, 0.25) is 0 Å². The van der Waals surface area contributed by atoms with E-state index >= 15 is 0 Å². The van der Waals surface area contributed by atoms with Crippen molar-refractivity contribution < 1.29 is 17.9 Å². The number of aromatic nitrogens is 2. The van der Waals surface area contributed by atoms with Gasteiger partial charge in [-0.3, -0.25) is 0 Å². The third-order valence-corrected chi connectivity index (χ3v) is 3.52. The molecule has 0 saturated carbocycles. The van der Waals surface area contributed by atoms with Gasteiger partial charge in [-0.1, -0.05) is 11.6 Å². The van der Waals surface area contributed by atoms with Crippen LogP contribution in [0.15, 0.2) is 18.2 Å². The van der Waals surface area contributed by atoms with E-state index in [4.69, 9.17) is 22.1 Å². The molecule has 4 nitrogen and oxygen atoms in total. The Labute approximate surface area is 123 Å². The van der Waals surface area contributed by atoms with Gasteiger partial charge in [-0.25, -0.2) is 4.68 Å². The van der Waals surface area contributed by atoms with Crippen LogP contribution in [0.5, 0.6) is 0 Å². The number of hydrogen-bond donors (Lipinski definition) is 1. The van der Waals surface area contributed by atoms with Crippen LogP contribution in [0.1, 0.15) is 16.8 Å². The zero-order chi connectivity index (χ0) is 15.2. The smallest absolute Gasteiger partial charge is 0.382 e. The Morgan fingerprint density at radius 3 is 2.76 bits per heavy atom. The number of alkyl halides is 3. The third-order valence-electron chi connectivity index (χ3n) is 3.30. The van der Waals surface area contributed by atoms with Gasteiger partial charge in [-0.2, -0.15) is 18.3 Å². The SMILES string of the molecule is Nc1nn(-c2cc(Cl)cc(C(F)(F)F)c2)c2c1COCC2. The number of nitrogen functional groups attached to an aromatic ring is 1. The normalized spacial score (nSPS) is 15.0. The zero-order valence-electron chi connectivity index (χ0n) is 10.7. The standard InChI is InChI=1S/C13H11ClF3N3O/c14-8-3-7(13(15,16)17)4-9(5-8)20-11-1-2-21-6-10(11)12(18)19-20/h3-5H,1-2,6H2,(H2,18,19). The molecule has 0 saturated heterocycles. The molecule has 0 bridgehead atoms. The molecule has 1 aliphatic heterocycles. The lowest BCUT2D eigenvalue weighted by Crippen LogP contribution is -2.14. The number of fused-ring (bicyclic) bond motifs is 1. The Bertz CT molecular complexity index is 697. The van der Waals surface area contributed by atoms with Crippen LogP contribution in [0.4, 0.5) is 19.0 Å². The molecule has 0 radical (unpaired) electrons. The van der Waals surface area contributed by atoms with Gasteiger partial charge in [0.15, 0.2) is 5.82 Å². The first kappa shape index (κ1) is 14.2. The molecule has 2 heterocycles. The van der Waals surface area contributed by atoms with Crippen molar-refractivity contribution in [2.75, 3.05) is 12.3 Å². The summed E-state index contributed by atoms with van der Waals surface area (Å²) in [4.78, 5) is 0. The molecule has 2 aromatic rings. The maximum Gasteiger partial charge on any atom is 0.416 e. The lowest BCUT2D eigenvalue weighted by Gasteiger charge is -2.16. The first-order valence-electron chi connectivity index (χ1n) is 6.18. The molecule has 1 aliphatic rings. The van der Waals surface area contributed by atoms with E-state index in [9.17, 15) is 13.2 Å². The van der Waals surface area contributed by atoms with Gasteiger partial charge in [-0.05, 0) is 18.2 Å². The highest BCUT2D eigenvalue weighted by molar-refractivity contribution is 6.30. The Morgan fingerprint density at radius 1 is 1.29 bits per heavy atom. The highest BCUT2D eigenvalue weighted by Gasteiger charge is 2.32. The number of halogens is 4. The number of benzene rings is 1. The number of nitrogens with two attached hydrogens (primary N) is 1. The third kappa shape index (κ3) is 2.58. The van der Waals surface area contributed by atoms with Gasteiger partial charge in [-0.15, -0.1) is 0 Å². The molecule has 1 aromatic carbocycles. The minimum absolute atomic E-state index is 0.00490.